The lowest BCUT2D eigenvalue weighted by molar-refractivity contribution is -0.121. The fraction of sp³-hybridized carbons (Fsp3) is 0.235. The molecule has 0 atom stereocenters. The first-order valence-corrected chi connectivity index (χ1v) is 7.57. The van der Waals surface area contributed by atoms with E-state index in [0.29, 0.717) is 10.9 Å². The van der Waals surface area contributed by atoms with Crippen LogP contribution in [0, 0.1) is 0 Å². The summed E-state index contributed by atoms with van der Waals surface area (Å²) < 4.78 is 40.1. The van der Waals surface area contributed by atoms with E-state index < -0.39 is 29.8 Å². The number of nitrogens with zero attached hydrogens (tertiary/aromatic N) is 2. The van der Waals surface area contributed by atoms with Gasteiger partial charge in [-0.05, 0) is 31.1 Å². The Morgan fingerprint density at radius 3 is 2.80 bits per heavy atom. The smallest absolute Gasteiger partial charge is 0.324 e. The average Bonchev–Trinajstić information content (AvgIpc) is 2.57. The predicted molar refractivity (Wildman–Crippen MR) is 85.6 cm³/mol. The average molecular weight is 349 g/mol. The van der Waals surface area contributed by atoms with Gasteiger partial charge in [0.15, 0.2) is 0 Å². The number of benzene rings is 1. The Morgan fingerprint density at radius 1 is 1.28 bits per heavy atom. The van der Waals surface area contributed by atoms with Gasteiger partial charge in [-0.2, -0.15) is 13.2 Å². The van der Waals surface area contributed by atoms with Crippen LogP contribution in [0.2, 0.25) is 0 Å². The van der Waals surface area contributed by atoms with Crippen molar-refractivity contribution < 1.29 is 18.0 Å². The molecule has 130 valence electrons. The number of aromatic nitrogens is 2. The maximum Gasteiger partial charge on any atom is 0.414 e. The molecule has 0 fully saturated rings. The maximum atomic E-state index is 13.0. The Morgan fingerprint density at radius 2 is 2.04 bits per heavy atom. The number of alkyl halides is 3. The molecule has 1 heterocycles. The van der Waals surface area contributed by atoms with Crippen LogP contribution >= 0.6 is 0 Å². The number of carbonyl (C=O) groups excluding carboxylic acids is 1. The van der Waals surface area contributed by atoms with Crippen molar-refractivity contribution in [3.05, 3.63) is 64.4 Å². The first-order chi connectivity index (χ1) is 11.9. The van der Waals surface area contributed by atoms with E-state index in [9.17, 15) is 22.8 Å². The van der Waals surface area contributed by atoms with Crippen molar-refractivity contribution in [3.8, 4) is 0 Å². The molecular formula is C17H14F3N3O2. The van der Waals surface area contributed by atoms with Gasteiger partial charge in [-0.25, -0.2) is 4.98 Å². The SMILES string of the molecule is O=C(Cn1cnc2ccccc2c1=O)NC1=C(C(F)(F)F)CCC=C1. The molecule has 1 aliphatic rings. The predicted octanol–water partition coefficient (Wildman–Crippen LogP) is 2.68. The van der Waals surface area contributed by atoms with Gasteiger partial charge in [0.2, 0.25) is 5.91 Å². The Balaban J connectivity index is 1.84. The highest BCUT2D eigenvalue weighted by molar-refractivity contribution is 5.80. The van der Waals surface area contributed by atoms with Gasteiger partial charge in [0.25, 0.3) is 5.56 Å². The highest BCUT2D eigenvalue weighted by Gasteiger charge is 2.36. The van der Waals surface area contributed by atoms with Crippen molar-refractivity contribution in [1.82, 2.24) is 14.9 Å². The van der Waals surface area contributed by atoms with E-state index in [-0.39, 0.29) is 18.5 Å². The molecule has 1 aromatic heterocycles. The Kier molecular flexibility index (Phi) is 4.43. The fourth-order valence-electron chi connectivity index (χ4n) is 2.64. The van der Waals surface area contributed by atoms with E-state index in [1.54, 1.807) is 30.3 Å². The van der Waals surface area contributed by atoms with Crippen molar-refractivity contribution in [1.29, 1.82) is 0 Å². The van der Waals surface area contributed by atoms with Gasteiger partial charge < -0.3 is 5.32 Å². The maximum absolute atomic E-state index is 13.0. The number of hydrogen-bond donors (Lipinski definition) is 1. The molecule has 5 nitrogen and oxygen atoms in total. The number of nitrogens with one attached hydrogen (secondary N) is 1. The standard InChI is InChI=1S/C17H14F3N3O2/c18-17(19,20)12-6-2-4-8-14(12)22-15(24)9-23-10-21-13-7-3-1-5-11(13)16(23)25/h1,3-5,7-8,10H,2,6,9H2,(H,22,24). The van der Waals surface area contributed by atoms with Crippen LogP contribution in [0.3, 0.4) is 0 Å². The van der Waals surface area contributed by atoms with Crippen LogP contribution in [0.5, 0.6) is 0 Å². The zero-order chi connectivity index (χ0) is 18.0. The zero-order valence-corrected chi connectivity index (χ0v) is 13.0. The Hall–Kier alpha value is -2.90. The lowest BCUT2D eigenvalue weighted by atomic mass is 10.0. The summed E-state index contributed by atoms with van der Waals surface area (Å²) in [7, 11) is 0. The van der Waals surface area contributed by atoms with Crippen LogP contribution in [0.4, 0.5) is 13.2 Å². The summed E-state index contributed by atoms with van der Waals surface area (Å²) in [4.78, 5) is 28.5. The summed E-state index contributed by atoms with van der Waals surface area (Å²) in [6.45, 7) is -0.418. The van der Waals surface area contributed by atoms with Crippen LogP contribution in [-0.2, 0) is 11.3 Å². The number of halogens is 3. The largest absolute Gasteiger partial charge is 0.414 e. The van der Waals surface area contributed by atoms with Crippen LogP contribution in [0.25, 0.3) is 10.9 Å². The molecule has 1 amide bonds. The minimum atomic E-state index is -4.51. The van der Waals surface area contributed by atoms with Gasteiger partial charge in [-0.15, -0.1) is 0 Å². The summed E-state index contributed by atoms with van der Waals surface area (Å²) in [5.74, 6) is -0.720. The molecule has 8 heteroatoms. The monoisotopic (exact) mass is 349 g/mol. The van der Waals surface area contributed by atoms with Crippen LogP contribution in [-0.4, -0.2) is 21.6 Å². The summed E-state index contributed by atoms with van der Waals surface area (Å²) in [5.41, 5.74) is -0.982. The number of fused-ring (bicyclic) bond motifs is 1. The third kappa shape index (κ3) is 3.62. The molecular weight excluding hydrogens is 335 g/mol. The van der Waals surface area contributed by atoms with E-state index in [1.165, 1.54) is 12.4 Å². The molecule has 0 bridgehead atoms. The highest BCUT2D eigenvalue weighted by Crippen LogP contribution is 2.33. The molecule has 25 heavy (non-hydrogen) atoms. The molecule has 0 saturated heterocycles. The number of rotatable bonds is 3. The van der Waals surface area contributed by atoms with Crippen LogP contribution < -0.4 is 10.9 Å². The molecule has 2 aromatic rings. The topological polar surface area (TPSA) is 64.0 Å². The lowest BCUT2D eigenvalue weighted by Crippen LogP contribution is -2.33. The van der Waals surface area contributed by atoms with Crippen molar-refractivity contribution in [2.75, 3.05) is 0 Å². The molecule has 1 N–H and O–H groups in total. The second-order valence-electron chi connectivity index (χ2n) is 5.57. The first-order valence-electron chi connectivity index (χ1n) is 7.57. The van der Waals surface area contributed by atoms with Gasteiger partial charge in [-0.1, -0.05) is 18.2 Å². The lowest BCUT2D eigenvalue weighted by Gasteiger charge is -2.19. The fourth-order valence-corrected chi connectivity index (χ4v) is 2.64. The van der Waals surface area contributed by atoms with Gasteiger partial charge in [0, 0.05) is 5.70 Å². The zero-order valence-electron chi connectivity index (χ0n) is 13.0. The van der Waals surface area contributed by atoms with Crippen molar-refractivity contribution >= 4 is 16.8 Å². The third-order valence-corrected chi connectivity index (χ3v) is 3.83. The Labute approximate surface area is 140 Å². The minimum Gasteiger partial charge on any atom is -0.324 e. The van der Waals surface area contributed by atoms with E-state index in [4.69, 9.17) is 0 Å². The number of hydrogen-bond acceptors (Lipinski definition) is 3. The third-order valence-electron chi connectivity index (χ3n) is 3.83. The molecule has 3 rings (SSSR count). The second-order valence-corrected chi connectivity index (χ2v) is 5.57. The summed E-state index contributed by atoms with van der Waals surface area (Å²) >= 11 is 0. The summed E-state index contributed by atoms with van der Waals surface area (Å²) in [5, 5.41) is 2.58. The van der Waals surface area contributed by atoms with Gasteiger partial charge in [0.05, 0.1) is 22.8 Å². The van der Waals surface area contributed by atoms with Gasteiger partial charge in [-0.3, -0.25) is 14.2 Å². The molecule has 0 radical (unpaired) electrons. The van der Waals surface area contributed by atoms with E-state index in [0.717, 1.165) is 4.57 Å². The summed E-state index contributed by atoms with van der Waals surface area (Å²) in [6, 6.07) is 6.64. The molecule has 0 saturated carbocycles. The molecule has 1 aliphatic carbocycles. The second kappa shape index (κ2) is 6.54. The molecule has 0 unspecified atom stereocenters. The molecule has 1 aromatic carbocycles. The van der Waals surface area contributed by atoms with Crippen molar-refractivity contribution in [2.45, 2.75) is 25.6 Å². The highest BCUT2D eigenvalue weighted by atomic mass is 19.4. The first kappa shape index (κ1) is 16.9. The normalized spacial score (nSPS) is 14.8. The van der Waals surface area contributed by atoms with Gasteiger partial charge in [0.1, 0.15) is 6.54 Å². The number of para-hydroxylation sites is 1. The number of amides is 1. The van der Waals surface area contributed by atoms with E-state index >= 15 is 0 Å². The van der Waals surface area contributed by atoms with Crippen molar-refractivity contribution in [2.24, 2.45) is 0 Å². The number of carbonyl (C=O) groups is 1. The minimum absolute atomic E-state index is 0.187. The molecule has 0 spiro atoms. The van der Waals surface area contributed by atoms with E-state index in [2.05, 4.69) is 10.3 Å². The van der Waals surface area contributed by atoms with E-state index in [1.807, 2.05) is 0 Å². The van der Waals surface area contributed by atoms with Crippen LogP contribution in [0.1, 0.15) is 12.8 Å². The van der Waals surface area contributed by atoms with Crippen molar-refractivity contribution in [3.63, 3.8) is 0 Å². The van der Waals surface area contributed by atoms with Gasteiger partial charge >= 0.3 is 6.18 Å². The van der Waals surface area contributed by atoms with Crippen LogP contribution in [0.15, 0.2) is 58.8 Å². The number of allylic oxidation sites excluding steroid dienone is 3. The summed E-state index contributed by atoms with van der Waals surface area (Å²) in [6.07, 6.45) is -0.412. The molecule has 0 aliphatic heterocycles. The quantitative estimate of drug-likeness (QED) is 0.927. The Bertz CT molecular complexity index is 942.